The van der Waals surface area contributed by atoms with Crippen LogP contribution in [0.15, 0.2) is 23.2 Å². The predicted molar refractivity (Wildman–Crippen MR) is 131 cm³/mol. The summed E-state index contributed by atoms with van der Waals surface area (Å²) in [5, 5.41) is 6.97. The number of amides is 1. The molecule has 0 saturated carbocycles. The first-order valence-corrected chi connectivity index (χ1v) is 10.2. The SMILES string of the molecule is CN=C(NCCc1ccc(OC)cc1Cl)N1CCN(CC(=O)NCCOC)CC1.I. The number of rotatable bonds is 9. The molecule has 1 aromatic carbocycles. The Morgan fingerprint density at radius 1 is 1.17 bits per heavy atom. The molecule has 0 aromatic heterocycles. The van der Waals surface area contributed by atoms with E-state index in [0.29, 0.717) is 24.7 Å². The van der Waals surface area contributed by atoms with Gasteiger partial charge in [-0.05, 0) is 24.1 Å². The highest BCUT2D eigenvalue weighted by Gasteiger charge is 2.21. The highest BCUT2D eigenvalue weighted by Crippen LogP contribution is 2.22. The number of methoxy groups -OCH3 is 2. The predicted octanol–water partition coefficient (Wildman–Crippen LogP) is 1.46. The number of ether oxygens (including phenoxy) is 2. The third-order valence-corrected chi connectivity index (χ3v) is 5.17. The van der Waals surface area contributed by atoms with Gasteiger partial charge in [0.05, 0.1) is 20.3 Å². The molecule has 1 heterocycles. The second kappa shape index (κ2) is 14.7. The molecule has 1 fully saturated rings. The van der Waals surface area contributed by atoms with Gasteiger partial charge in [0.15, 0.2) is 5.96 Å². The molecule has 1 aliphatic rings. The number of aliphatic imine (C=N–C) groups is 1. The Morgan fingerprint density at radius 3 is 2.50 bits per heavy atom. The standard InChI is InChI=1S/C20H32ClN5O3.HI/c1-22-20(24-7-6-16-4-5-17(29-3)14-18(16)21)26-11-9-25(10-12-26)15-19(27)23-8-13-28-2;/h4-5,14H,6-13,15H2,1-3H3,(H,22,24)(H,23,27);1H. The summed E-state index contributed by atoms with van der Waals surface area (Å²) in [4.78, 5) is 20.7. The van der Waals surface area contributed by atoms with Crippen molar-refractivity contribution in [3.63, 3.8) is 0 Å². The number of carbonyl (C=O) groups is 1. The van der Waals surface area contributed by atoms with Crippen LogP contribution in [0.3, 0.4) is 0 Å². The van der Waals surface area contributed by atoms with Crippen LogP contribution in [0.4, 0.5) is 0 Å². The van der Waals surface area contributed by atoms with E-state index in [9.17, 15) is 4.79 Å². The maximum atomic E-state index is 11.9. The summed E-state index contributed by atoms with van der Waals surface area (Å²) in [7, 11) is 5.04. The van der Waals surface area contributed by atoms with Crippen LogP contribution in [0.5, 0.6) is 5.75 Å². The number of piperazine rings is 1. The smallest absolute Gasteiger partial charge is 0.234 e. The van der Waals surface area contributed by atoms with Crippen LogP contribution in [0.25, 0.3) is 0 Å². The van der Waals surface area contributed by atoms with E-state index in [4.69, 9.17) is 21.1 Å². The van der Waals surface area contributed by atoms with Crippen LogP contribution in [0, 0.1) is 0 Å². The fraction of sp³-hybridized carbons (Fsp3) is 0.600. The van der Waals surface area contributed by atoms with E-state index in [2.05, 4.69) is 25.4 Å². The van der Waals surface area contributed by atoms with Gasteiger partial charge < -0.3 is 25.0 Å². The van der Waals surface area contributed by atoms with Gasteiger partial charge in [-0.2, -0.15) is 0 Å². The number of nitrogens with one attached hydrogen (secondary N) is 2. The molecular weight excluding hydrogens is 521 g/mol. The van der Waals surface area contributed by atoms with Gasteiger partial charge in [-0.1, -0.05) is 17.7 Å². The van der Waals surface area contributed by atoms with Crippen LogP contribution in [-0.4, -0.2) is 95.4 Å². The molecule has 1 saturated heterocycles. The topological polar surface area (TPSA) is 78.4 Å². The molecule has 0 spiro atoms. The van der Waals surface area contributed by atoms with E-state index < -0.39 is 0 Å². The molecule has 170 valence electrons. The van der Waals surface area contributed by atoms with Crippen molar-refractivity contribution in [2.75, 3.05) is 73.7 Å². The molecule has 30 heavy (non-hydrogen) atoms. The van der Waals surface area contributed by atoms with Gasteiger partial charge in [0, 0.05) is 58.4 Å². The van der Waals surface area contributed by atoms with Crippen molar-refractivity contribution in [3.8, 4) is 5.75 Å². The van der Waals surface area contributed by atoms with Crippen molar-refractivity contribution < 1.29 is 14.3 Å². The van der Waals surface area contributed by atoms with Crippen molar-refractivity contribution in [1.29, 1.82) is 0 Å². The van der Waals surface area contributed by atoms with Crippen molar-refractivity contribution >= 4 is 47.4 Å². The number of nitrogens with zero attached hydrogens (tertiary/aromatic N) is 3. The number of hydrogen-bond donors (Lipinski definition) is 2. The van der Waals surface area contributed by atoms with E-state index in [0.717, 1.165) is 56.4 Å². The zero-order valence-corrected chi connectivity index (χ0v) is 21.0. The van der Waals surface area contributed by atoms with Gasteiger partial charge in [-0.25, -0.2) is 0 Å². The van der Waals surface area contributed by atoms with Gasteiger partial charge in [-0.3, -0.25) is 14.7 Å². The first-order valence-electron chi connectivity index (χ1n) is 9.83. The third kappa shape index (κ3) is 8.83. The molecule has 1 aromatic rings. The van der Waals surface area contributed by atoms with Gasteiger partial charge in [0.1, 0.15) is 5.75 Å². The maximum Gasteiger partial charge on any atom is 0.234 e. The second-order valence-electron chi connectivity index (χ2n) is 6.79. The summed E-state index contributed by atoms with van der Waals surface area (Å²) in [6.07, 6.45) is 0.795. The Morgan fingerprint density at radius 2 is 1.90 bits per heavy atom. The van der Waals surface area contributed by atoms with E-state index in [-0.39, 0.29) is 29.9 Å². The Hall–Kier alpha value is -1.30. The summed E-state index contributed by atoms with van der Waals surface area (Å²) in [6, 6.07) is 5.74. The summed E-state index contributed by atoms with van der Waals surface area (Å²) in [6.45, 7) is 5.53. The highest BCUT2D eigenvalue weighted by atomic mass is 127. The van der Waals surface area contributed by atoms with Crippen LogP contribution in [0.2, 0.25) is 5.02 Å². The minimum absolute atomic E-state index is 0. The third-order valence-electron chi connectivity index (χ3n) is 4.82. The normalized spacial score (nSPS) is 14.8. The molecule has 10 heteroatoms. The molecule has 1 amide bonds. The van der Waals surface area contributed by atoms with Crippen molar-refractivity contribution in [2.24, 2.45) is 4.99 Å². The Balaban J connectivity index is 0.00000450. The first kappa shape index (κ1) is 26.7. The lowest BCUT2D eigenvalue weighted by molar-refractivity contribution is -0.122. The zero-order valence-electron chi connectivity index (χ0n) is 17.9. The second-order valence-corrected chi connectivity index (χ2v) is 7.19. The quantitative estimate of drug-likeness (QED) is 0.209. The maximum absolute atomic E-state index is 11.9. The summed E-state index contributed by atoms with van der Waals surface area (Å²) < 4.78 is 10.1. The average molecular weight is 554 g/mol. The minimum Gasteiger partial charge on any atom is -0.497 e. The van der Waals surface area contributed by atoms with E-state index in [1.54, 1.807) is 21.3 Å². The van der Waals surface area contributed by atoms with E-state index in [1.165, 1.54) is 0 Å². The molecule has 0 aliphatic carbocycles. The molecule has 1 aliphatic heterocycles. The van der Waals surface area contributed by atoms with E-state index >= 15 is 0 Å². The largest absolute Gasteiger partial charge is 0.497 e. The monoisotopic (exact) mass is 553 g/mol. The molecular formula is C20H33ClIN5O3. The average Bonchev–Trinajstić information content (AvgIpc) is 2.73. The lowest BCUT2D eigenvalue weighted by atomic mass is 10.1. The van der Waals surface area contributed by atoms with Gasteiger partial charge in [0.25, 0.3) is 0 Å². The molecule has 0 bridgehead atoms. The number of hydrogen-bond acceptors (Lipinski definition) is 5. The molecule has 0 radical (unpaired) electrons. The van der Waals surface area contributed by atoms with Gasteiger partial charge in [0.2, 0.25) is 5.91 Å². The first-order chi connectivity index (χ1) is 14.1. The number of carbonyl (C=O) groups excluding carboxylic acids is 1. The zero-order chi connectivity index (χ0) is 21.1. The lowest BCUT2D eigenvalue weighted by Gasteiger charge is -2.36. The number of guanidine groups is 1. The Kier molecular flexibility index (Phi) is 13.1. The lowest BCUT2D eigenvalue weighted by Crippen LogP contribution is -2.54. The summed E-state index contributed by atoms with van der Waals surface area (Å²) in [5.41, 5.74) is 1.07. The molecule has 0 unspecified atom stereocenters. The molecule has 2 rings (SSSR count). The fourth-order valence-electron chi connectivity index (χ4n) is 3.17. The van der Waals surface area contributed by atoms with Crippen molar-refractivity contribution in [3.05, 3.63) is 28.8 Å². The van der Waals surface area contributed by atoms with Crippen LogP contribution in [-0.2, 0) is 16.0 Å². The van der Waals surface area contributed by atoms with Crippen molar-refractivity contribution in [2.45, 2.75) is 6.42 Å². The van der Waals surface area contributed by atoms with Crippen LogP contribution in [0.1, 0.15) is 5.56 Å². The van der Waals surface area contributed by atoms with Crippen molar-refractivity contribution in [1.82, 2.24) is 20.4 Å². The van der Waals surface area contributed by atoms with Gasteiger partial charge in [-0.15, -0.1) is 24.0 Å². The molecule has 0 atom stereocenters. The minimum atomic E-state index is 0. The fourth-order valence-corrected chi connectivity index (χ4v) is 3.43. The van der Waals surface area contributed by atoms with E-state index in [1.807, 2.05) is 18.2 Å². The van der Waals surface area contributed by atoms with Crippen LogP contribution < -0.4 is 15.4 Å². The summed E-state index contributed by atoms with van der Waals surface area (Å²) in [5.74, 6) is 1.67. The van der Waals surface area contributed by atoms with Crippen LogP contribution >= 0.6 is 35.6 Å². The molecule has 8 nitrogen and oxygen atoms in total. The Labute approximate surface area is 201 Å². The highest BCUT2D eigenvalue weighted by molar-refractivity contribution is 14.0. The number of benzene rings is 1. The van der Waals surface area contributed by atoms with Gasteiger partial charge >= 0.3 is 0 Å². The number of halogens is 2. The molecule has 2 N–H and O–H groups in total. The summed E-state index contributed by atoms with van der Waals surface area (Å²) >= 11 is 6.31. The Bertz CT molecular complexity index is 684.